The Balaban J connectivity index is 1.39. The maximum Gasteiger partial charge on any atom is 0.301 e. The summed E-state index contributed by atoms with van der Waals surface area (Å²) in [6, 6.07) is 17.4. The highest BCUT2D eigenvalue weighted by molar-refractivity contribution is 8.00. The van der Waals surface area contributed by atoms with E-state index in [0.29, 0.717) is 33.4 Å². The molecular weight excluding hydrogens is 590 g/mol. The van der Waals surface area contributed by atoms with Crippen LogP contribution in [-0.2, 0) is 21.8 Å². The number of rotatable bonds is 9. The molecule has 1 aromatic heterocycles. The summed E-state index contributed by atoms with van der Waals surface area (Å²) < 4.78 is 25.4. The van der Waals surface area contributed by atoms with Crippen LogP contribution in [-0.4, -0.2) is 39.7 Å². The van der Waals surface area contributed by atoms with Crippen LogP contribution in [0.25, 0.3) is 5.76 Å². The molecule has 1 fully saturated rings. The minimum absolute atomic E-state index is 0.00353. The van der Waals surface area contributed by atoms with Gasteiger partial charge in [-0.25, -0.2) is 4.39 Å². The van der Waals surface area contributed by atoms with Gasteiger partial charge in [0, 0.05) is 17.7 Å². The van der Waals surface area contributed by atoms with Gasteiger partial charge >= 0.3 is 5.91 Å². The Bertz CT molecular complexity index is 1750. The molecule has 43 heavy (non-hydrogen) atoms. The van der Waals surface area contributed by atoms with E-state index < -0.39 is 17.7 Å². The second kappa shape index (κ2) is 12.0. The number of benzene rings is 3. The van der Waals surface area contributed by atoms with Gasteiger partial charge in [0.1, 0.15) is 35.8 Å². The van der Waals surface area contributed by atoms with Gasteiger partial charge in [-0.3, -0.25) is 14.5 Å². The molecule has 218 valence electrons. The summed E-state index contributed by atoms with van der Waals surface area (Å²) in [5, 5.41) is 20.3. The molecule has 0 saturated carbocycles. The molecule has 0 spiro atoms. The number of Topliss-reactive ketones (excluding diaryl/α,β-unsaturated/α-hetero) is 1. The van der Waals surface area contributed by atoms with Gasteiger partial charge in [-0.2, -0.15) is 0 Å². The molecule has 8 nitrogen and oxygen atoms in total. The molecule has 0 aliphatic carbocycles. The number of halogens is 1. The molecule has 0 unspecified atom stereocenters. The molecule has 3 aromatic carbocycles. The number of hydrogen-bond donors (Lipinski definition) is 1. The first kappa shape index (κ1) is 28.6. The van der Waals surface area contributed by atoms with Crippen LogP contribution in [0.15, 0.2) is 89.3 Å². The Hall–Kier alpha value is -4.48. The van der Waals surface area contributed by atoms with E-state index in [-0.39, 0.29) is 35.0 Å². The Labute approximate surface area is 255 Å². The molecular formula is C32H26FN3O5S2. The van der Waals surface area contributed by atoms with E-state index in [9.17, 15) is 19.1 Å². The lowest BCUT2D eigenvalue weighted by Gasteiger charge is -2.23. The van der Waals surface area contributed by atoms with Crippen molar-refractivity contribution < 1.29 is 28.6 Å². The van der Waals surface area contributed by atoms with Crippen molar-refractivity contribution in [3.8, 4) is 11.5 Å². The summed E-state index contributed by atoms with van der Waals surface area (Å²) in [6.45, 7) is 5.91. The number of carbonyl (C=O) groups is 2. The summed E-state index contributed by atoms with van der Waals surface area (Å²) >= 11 is 2.54. The van der Waals surface area contributed by atoms with E-state index in [0.717, 1.165) is 28.2 Å². The molecule has 1 N–H and O–H groups in total. The first-order valence-corrected chi connectivity index (χ1v) is 15.3. The second-order valence-electron chi connectivity index (χ2n) is 10.1. The number of aliphatic hydroxyl groups is 1. The van der Waals surface area contributed by atoms with Gasteiger partial charge < -0.3 is 14.6 Å². The van der Waals surface area contributed by atoms with Crippen LogP contribution >= 0.6 is 23.1 Å². The third kappa shape index (κ3) is 5.78. The number of thioether (sulfide) groups is 1. The highest BCUT2D eigenvalue weighted by Gasteiger charge is 2.48. The average molecular weight is 616 g/mol. The zero-order chi connectivity index (χ0) is 30.1. The van der Waals surface area contributed by atoms with Crippen LogP contribution in [0.2, 0.25) is 0 Å². The first-order valence-electron chi connectivity index (χ1n) is 13.5. The number of fused-ring (bicyclic) bond motifs is 1. The molecule has 2 atom stereocenters. The Morgan fingerprint density at radius 1 is 1.19 bits per heavy atom. The predicted octanol–water partition coefficient (Wildman–Crippen LogP) is 6.48. The van der Waals surface area contributed by atoms with Crippen LogP contribution in [0.5, 0.6) is 11.5 Å². The fraction of sp³-hybridized carbons (Fsp3) is 0.188. The zero-order valence-electron chi connectivity index (χ0n) is 23.0. The molecule has 6 rings (SSSR count). The van der Waals surface area contributed by atoms with E-state index in [2.05, 4.69) is 16.8 Å². The van der Waals surface area contributed by atoms with Gasteiger partial charge in [-0.15, -0.1) is 10.2 Å². The van der Waals surface area contributed by atoms with Crippen molar-refractivity contribution >= 4 is 45.7 Å². The van der Waals surface area contributed by atoms with E-state index in [1.165, 1.54) is 28.8 Å². The molecule has 0 bridgehead atoms. The number of nitrogens with zero attached hydrogens (tertiary/aromatic N) is 3. The van der Waals surface area contributed by atoms with Crippen LogP contribution in [0, 0.1) is 5.82 Å². The van der Waals surface area contributed by atoms with Crippen molar-refractivity contribution in [3.05, 3.63) is 113 Å². The van der Waals surface area contributed by atoms with E-state index in [1.807, 2.05) is 6.92 Å². The molecule has 2 aliphatic heterocycles. The first-order chi connectivity index (χ1) is 20.8. The fourth-order valence-electron chi connectivity index (χ4n) is 5.08. The molecule has 3 heterocycles. The number of amides is 1. The fourth-order valence-corrected chi connectivity index (χ4v) is 6.91. The smallest absolute Gasteiger partial charge is 0.301 e. The highest BCUT2D eigenvalue weighted by atomic mass is 32.2. The lowest BCUT2D eigenvalue weighted by atomic mass is 9.94. The van der Waals surface area contributed by atoms with Crippen LogP contribution in [0.4, 0.5) is 9.52 Å². The molecule has 2 aliphatic rings. The summed E-state index contributed by atoms with van der Waals surface area (Å²) in [5.74, 6) is -0.508. The molecule has 4 aromatic rings. The van der Waals surface area contributed by atoms with Crippen molar-refractivity contribution in [1.82, 2.24) is 10.2 Å². The van der Waals surface area contributed by atoms with Gasteiger partial charge in [-0.05, 0) is 66.1 Å². The molecule has 1 saturated heterocycles. The Morgan fingerprint density at radius 2 is 2.00 bits per heavy atom. The average Bonchev–Trinajstić information content (AvgIpc) is 3.70. The van der Waals surface area contributed by atoms with Crippen molar-refractivity contribution in [2.45, 2.75) is 35.6 Å². The number of hydrogen-bond acceptors (Lipinski definition) is 9. The third-order valence-corrected chi connectivity index (χ3v) is 9.16. The number of anilines is 1. The lowest BCUT2D eigenvalue weighted by molar-refractivity contribution is -0.132. The number of ketones is 1. The van der Waals surface area contributed by atoms with Crippen LogP contribution in [0.3, 0.4) is 0 Å². The quantitative estimate of drug-likeness (QED) is 0.0570. The van der Waals surface area contributed by atoms with Crippen LogP contribution < -0.4 is 14.4 Å². The minimum Gasteiger partial charge on any atom is -0.507 e. The second-order valence-corrected chi connectivity index (χ2v) is 12.2. The maximum absolute atomic E-state index is 13.6. The van der Waals surface area contributed by atoms with E-state index in [4.69, 9.17) is 9.47 Å². The summed E-state index contributed by atoms with van der Waals surface area (Å²) in [7, 11) is 0. The number of ether oxygens (including phenoxy) is 2. The van der Waals surface area contributed by atoms with E-state index in [1.54, 1.807) is 60.7 Å². The lowest BCUT2D eigenvalue weighted by Crippen LogP contribution is -2.29. The van der Waals surface area contributed by atoms with Gasteiger partial charge in [0.2, 0.25) is 5.13 Å². The zero-order valence-corrected chi connectivity index (χ0v) is 24.7. The van der Waals surface area contributed by atoms with Gasteiger partial charge in [0.05, 0.1) is 11.6 Å². The summed E-state index contributed by atoms with van der Waals surface area (Å²) in [4.78, 5) is 28.5. The summed E-state index contributed by atoms with van der Waals surface area (Å²) in [6.07, 6.45) is 2.28. The number of aromatic nitrogens is 2. The number of aliphatic hydroxyl groups excluding tert-OH is 1. The van der Waals surface area contributed by atoms with Gasteiger partial charge in [0.25, 0.3) is 5.78 Å². The molecule has 1 amide bonds. The van der Waals surface area contributed by atoms with Gasteiger partial charge in [0.15, 0.2) is 4.34 Å². The monoisotopic (exact) mass is 615 g/mol. The number of carbonyl (C=O) groups excluding carboxylic acids is 2. The molecule has 11 heteroatoms. The SMILES string of the molecule is C=CCOc1cccc([C@@H]2C(=C(O)c3ccc4c(c3)C[C@H](C)O4)C(=O)C(=O)N2c2nnc(SCc3ccc(F)cc3)s2)c1. The molecule has 0 radical (unpaired) electrons. The normalized spacial score (nSPS) is 18.9. The summed E-state index contributed by atoms with van der Waals surface area (Å²) in [5.41, 5.74) is 2.71. The maximum atomic E-state index is 13.6. The van der Waals surface area contributed by atoms with Crippen molar-refractivity contribution in [1.29, 1.82) is 0 Å². The third-order valence-electron chi connectivity index (χ3n) is 7.03. The van der Waals surface area contributed by atoms with Crippen molar-refractivity contribution in [3.63, 3.8) is 0 Å². The standard InChI is InChI=1S/C32H26FN3O5S2/c1-3-13-40-24-6-4-5-20(16-24)27-26(28(37)21-9-12-25-22(15-21)14-18(2)41-25)29(38)30(39)36(27)31-34-35-32(43-31)42-17-19-7-10-23(33)11-8-19/h3-12,15-16,18,27,37H,1,13-14,17H2,2H3/t18-,27+/m0/s1. The minimum atomic E-state index is -0.987. The predicted molar refractivity (Wildman–Crippen MR) is 163 cm³/mol. The van der Waals surface area contributed by atoms with Crippen molar-refractivity contribution in [2.75, 3.05) is 11.5 Å². The van der Waals surface area contributed by atoms with Gasteiger partial charge in [-0.1, -0.05) is 60.0 Å². The Morgan fingerprint density at radius 3 is 2.79 bits per heavy atom. The van der Waals surface area contributed by atoms with E-state index >= 15 is 0 Å². The largest absolute Gasteiger partial charge is 0.507 e. The van der Waals surface area contributed by atoms with Crippen molar-refractivity contribution in [2.24, 2.45) is 0 Å². The Kier molecular flexibility index (Phi) is 8.00. The highest BCUT2D eigenvalue weighted by Crippen LogP contribution is 2.45. The topological polar surface area (TPSA) is 102 Å². The van der Waals surface area contributed by atoms with Crippen LogP contribution in [0.1, 0.15) is 35.2 Å².